The van der Waals surface area contributed by atoms with Crippen molar-refractivity contribution in [2.75, 3.05) is 0 Å². The molecule has 3 heteroatoms. The van der Waals surface area contributed by atoms with Crippen molar-refractivity contribution in [3.05, 3.63) is 36.3 Å². The highest BCUT2D eigenvalue weighted by atomic mass is 16.0. The first-order valence-electron chi connectivity index (χ1n) is 2.44. The van der Waals surface area contributed by atoms with Crippen LogP contribution in [0.3, 0.4) is 0 Å². The Balaban J connectivity index is 0.000000640. The lowest BCUT2D eigenvalue weighted by atomic mass is 10.4. The average Bonchev–Trinajstić information content (AvgIpc) is 1.94. The van der Waals surface area contributed by atoms with E-state index in [1.54, 1.807) is 12.3 Å². The lowest BCUT2D eigenvalue weighted by molar-refractivity contribution is 0.824. The molecule has 0 saturated heterocycles. The van der Waals surface area contributed by atoms with Gasteiger partial charge in [0.05, 0.1) is 0 Å². The van der Waals surface area contributed by atoms with Gasteiger partial charge in [-0.1, -0.05) is 0 Å². The van der Waals surface area contributed by atoms with E-state index < -0.39 is 0 Å². The van der Waals surface area contributed by atoms with Crippen molar-refractivity contribution < 1.29 is 5.48 Å². The van der Waals surface area contributed by atoms with E-state index in [1.165, 1.54) is 0 Å². The summed E-state index contributed by atoms with van der Waals surface area (Å²) in [4.78, 5) is 0. The molecule has 0 saturated carbocycles. The molecule has 0 amide bonds. The van der Waals surface area contributed by atoms with Gasteiger partial charge in [-0.25, -0.2) is 0 Å². The van der Waals surface area contributed by atoms with Crippen LogP contribution in [0, 0.1) is 0 Å². The van der Waals surface area contributed by atoms with Gasteiger partial charge in [0.15, 0.2) is 0 Å². The fourth-order valence-electron chi connectivity index (χ4n) is 0.470. The second-order valence-corrected chi connectivity index (χ2v) is 1.53. The van der Waals surface area contributed by atoms with Crippen LogP contribution in [0.15, 0.2) is 36.3 Å². The minimum atomic E-state index is 0. The Morgan fingerprint density at radius 3 is 2.89 bits per heavy atom. The molecule has 0 aromatic carbocycles. The molecule has 0 radical (unpaired) electrons. The fraction of sp³-hybridized carbons (Fsp3) is 0. The van der Waals surface area contributed by atoms with Crippen LogP contribution in [0.2, 0.25) is 0 Å². The molecule has 0 spiro atoms. The number of nitrogens with two attached hydrogens (primary N) is 1. The third-order valence-electron chi connectivity index (χ3n) is 0.853. The van der Waals surface area contributed by atoms with E-state index in [-0.39, 0.29) is 5.48 Å². The van der Waals surface area contributed by atoms with Gasteiger partial charge in [-0.05, 0) is 18.2 Å². The monoisotopic (exact) mass is 126 g/mol. The Morgan fingerprint density at radius 2 is 2.11 bits per heavy atom. The Kier molecular flexibility index (Phi) is 3.23. The number of nitrogens with one attached hydrogen (secondary N) is 1. The minimum absolute atomic E-state index is 0. The standard InChI is InChI=1S/C6H8N2.H2O/c7-6-2-1-4-8-5-3-6;/h1-5,8H,7H2;1H2. The van der Waals surface area contributed by atoms with Gasteiger partial charge in [0, 0.05) is 18.1 Å². The maximum absolute atomic E-state index is 5.42. The highest BCUT2D eigenvalue weighted by Crippen LogP contribution is 1.89. The van der Waals surface area contributed by atoms with E-state index in [0.29, 0.717) is 0 Å². The van der Waals surface area contributed by atoms with Crippen LogP contribution in [-0.4, -0.2) is 5.48 Å². The quantitative estimate of drug-likeness (QED) is 0.465. The van der Waals surface area contributed by atoms with Crippen LogP contribution in [-0.2, 0) is 0 Å². The number of allylic oxidation sites excluding steroid dienone is 3. The van der Waals surface area contributed by atoms with Crippen molar-refractivity contribution in [1.82, 2.24) is 5.32 Å². The molecule has 0 aromatic rings. The lowest BCUT2D eigenvalue weighted by Crippen LogP contribution is -1.92. The van der Waals surface area contributed by atoms with Crippen LogP contribution in [0.1, 0.15) is 0 Å². The molecule has 9 heavy (non-hydrogen) atoms. The van der Waals surface area contributed by atoms with Gasteiger partial charge in [-0.3, -0.25) is 0 Å². The van der Waals surface area contributed by atoms with E-state index in [2.05, 4.69) is 5.32 Å². The Hall–Kier alpha value is -1.22. The molecule has 1 heterocycles. The first kappa shape index (κ1) is 7.78. The van der Waals surface area contributed by atoms with E-state index in [4.69, 9.17) is 5.73 Å². The topological polar surface area (TPSA) is 69.5 Å². The SMILES string of the molecule is NC1=CC=CNC=C1.O. The van der Waals surface area contributed by atoms with E-state index in [0.717, 1.165) is 5.70 Å². The van der Waals surface area contributed by atoms with E-state index in [9.17, 15) is 0 Å². The third kappa shape index (κ3) is 2.56. The summed E-state index contributed by atoms with van der Waals surface area (Å²) in [5.41, 5.74) is 6.19. The van der Waals surface area contributed by atoms with Gasteiger partial charge in [-0.2, -0.15) is 0 Å². The maximum Gasteiger partial charge on any atom is 0.0329 e. The van der Waals surface area contributed by atoms with Crippen LogP contribution < -0.4 is 11.1 Å². The summed E-state index contributed by atoms with van der Waals surface area (Å²) in [6, 6.07) is 0. The molecule has 0 aromatic heterocycles. The summed E-state index contributed by atoms with van der Waals surface area (Å²) in [6.45, 7) is 0. The highest BCUT2D eigenvalue weighted by molar-refractivity contribution is 5.22. The second-order valence-electron chi connectivity index (χ2n) is 1.53. The molecule has 50 valence electrons. The van der Waals surface area contributed by atoms with Crippen molar-refractivity contribution >= 4 is 0 Å². The van der Waals surface area contributed by atoms with Gasteiger partial charge in [-0.15, -0.1) is 0 Å². The molecular weight excluding hydrogens is 116 g/mol. The lowest BCUT2D eigenvalue weighted by Gasteiger charge is -1.83. The summed E-state index contributed by atoms with van der Waals surface area (Å²) in [6.07, 6.45) is 9.09. The van der Waals surface area contributed by atoms with Gasteiger partial charge in [0.25, 0.3) is 0 Å². The number of hydrogen-bond donors (Lipinski definition) is 2. The molecule has 0 unspecified atom stereocenters. The second kappa shape index (κ2) is 3.74. The van der Waals surface area contributed by atoms with Gasteiger partial charge >= 0.3 is 0 Å². The summed E-state index contributed by atoms with van der Waals surface area (Å²) in [5, 5.41) is 2.88. The largest absolute Gasteiger partial charge is 0.412 e. The molecule has 1 rings (SSSR count). The van der Waals surface area contributed by atoms with Crippen molar-refractivity contribution in [2.24, 2.45) is 5.73 Å². The normalized spacial score (nSPS) is 14.9. The summed E-state index contributed by atoms with van der Waals surface area (Å²) in [7, 11) is 0. The molecule has 1 aliphatic heterocycles. The summed E-state index contributed by atoms with van der Waals surface area (Å²) >= 11 is 0. The molecule has 1 aliphatic rings. The van der Waals surface area contributed by atoms with Crippen LogP contribution in [0.5, 0.6) is 0 Å². The summed E-state index contributed by atoms with van der Waals surface area (Å²) < 4.78 is 0. The van der Waals surface area contributed by atoms with Crippen molar-refractivity contribution in [3.8, 4) is 0 Å². The molecule has 0 atom stereocenters. The molecule has 3 nitrogen and oxygen atoms in total. The number of hydrogen-bond acceptors (Lipinski definition) is 2. The van der Waals surface area contributed by atoms with E-state index >= 15 is 0 Å². The smallest absolute Gasteiger partial charge is 0.0329 e. The zero-order chi connectivity index (χ0) is 5.82. The van der Waals surface area contributed by atoms with E-state index in [1.807, 2.05) is 18.4 Å². The Morgan fingerprint density at radius 1 is 1.33 bits per heavy atom. The Bertz CT molecular complexity index is 158. The van der Waals surface area contributed by atoms with Gasteiger partial charge in [0.1, 0.15) is 0 Å². The van der Waals surface area contributed by atoms with Crippen LogP contribution in [0.25, 0.3) is 0 Å². The van der Waals surface area contributed by atoms with Crippen LogP contribution in [0.4, 0.5) is 0 Å². The van der Waals surface area contributed by atoms with Crippen molar-refractivity contribution in [3.63, 3.8) is 0 Å². The first-order valence-corrected chi connectivity index (χ1v) is 2.44. The van der Waals surface area contributed by atoms with Crippen molar-refractivity contribution in [1.29, 1.82) is 0 Å². The molecule has 0 bridgehead atoms. The zero-order valence-corrected chi connectivity index (χ0v) is 4.96. The maximum atomic E-state index is 5.42. The minimum Gasteiger partial charge on any atom is -0.412 e. The molecule has 0 aliphatic carbocycles. The first-order chi connectivity index (χ1) is 3.89. The van der Waals surface area contributed by atoms with Crippen LogP contribution >= 0.6 is 0 Å². The highest BCUT2D eigenvalue weighted by Gasteiger charge is 1.79. The molecule has 5 N–H and O–H groups in total. The van der Waals surface area contributed by atoms with Gasteiger partial charge in [0.2, 0.25) is 0 Å². The van der Waals surface area contributed by atoms with Crippen molar-refractivity contribution in [2.45, 2.75) is 0 Å². The predicted molar refractivity (Wildman–Crippen MR) is 37.3 cm³/mol. The average molecular weight is 126 g/mol. The zero-order valence-electron chi connectivity index (χ0n) is 4.96. The number of rotatable bonds is 0. The molecule has 0 fully saturated rings. The third-order valence-corrected chi connectivity index (χ3v) is 0.853. The molecular formula is C6H10N2O. The predicted octanol–water partition coefficient (Wildman–Crippen LogP) is -0.365. The Labute approximate surface area is 53.9 Å². The fourth-order valence-corrected chi connectivity index (χ4v) is 0.470. The summed E-state index contributed by atoms with van der Waals surface area (Å²) in [5.74, 6) is 0. The van der Waals surface area contributed by atoms with Gasteiger partial charge < -0.3 is 16.5 Å².